The minimum absolute atomic E-state index is 0.0137. The van der Waals surface area contributed by atoms with Crippen LogP contribution in [0.15, 0.2) is 35.5 Å². The zero-order chi connectivity index (χ0) is 14.8. The standard InChI is InChI=1S/C12H14N4O3S/c1-3-11(17)9-5-4-6-10(7-9)20(18,19)15-12-13-8-14-16(12)2/h4-8H,3H2,1-2H3,(H,13,14,15). The molecular weight excluding hydrogens is 280 g/mol. The van der Waals surface area contributed by atoms with E-state index in [4.69, 9.17) is 0 Å². The Kier molecular flexibility index (Phi) is 3.84. The van der Waals surface area contributed by atoms with Gasteiger partial charge in [0.15, 0.2) is 5.78 Å². The van der Waals surface area contributed by atoms with Gasteiger partial charge in [-0.25, -0.2) is 17.8 Å². The molecule has 106 valence electrons. The second-order valence-corrected chi connectivity index (χ2v) is 5.80. The summed E-state index contributed by atoms with van der Waals surface area (Å²) in [6.45, 7) is 1.72. The lowest BCUT2D eigenvalue weighted by atomic mass is 10.1. The normalized spacial score (nSPS) is 11.3. The number of carbonyl (C=O) groups is 1. The minimum atomic E-state index is -3.80. The summed E-state index contributed by atoms with van der Waals surface area (Å²) in [5.41, 5.74) is 0.369. The number of aryl methyl sites for hydroxylation is 1. The number of hydrogen-bond donors (Lipinski definition) is 1. The number of benzene rings is 1. The van der Waals surface area contributed by atoms with Crippen LogP contribution >= 0.6 is 0 Å². The quantitative estimate of drug-likeness (QED) is 0.836. The lowest BCUT2D eigenvalue weighted by molar-refractivity contribution is 0.0988. The molecule has 20 heavy (non-hydrogen) atoms. The highest BCUT2D eigenvalue weighted by molar-refractivity contribution is 7.92. The topological polar surface area (TPSA) is 93.9 Å². The van der Waals surface area contributed by atoms with E-state index in [2.05, 4.69) is 14.8 Å². The number of nitrogens with one attached hydrogen (secondary N) is 1. The molecule has 1 aromatic carbocycles. The van der Waals surface area contributed by atoms with Crippen LogP contribution in [0.3, 0.4) is 0 Å². The van der Waals surface area contributed by atoms with Gasteiger partial charge in [0.05, 0.1) is 4.90 Å². The van der Waals surface area contributed by atoms with Crippen molar-refractivity contribution in [3.63, 3.8) is 0 Å². The number of nitrogens with zero attached hydrogens (tertiary/aromatic N) is 3. The maximum Gasteiger partial charge on any atom is 0.264 e. The molecule has 0 fully saturated rings. The van der Waals surface area contributed by atoms with E-state index in [0.29, 0.717) is 12.0 Å². The lowest BCUT2D eigenvalue weighted by Gasteiger charge is -2.07. The zero-order valence-corrected chi connectivity index (χ0v) is 11.9. The monoisotopic (exact) mass is 294 g/mol. The van der Waals surface area contributed by atoms with Crippen LogP contribution in [-0.2, 0) is 17.1 Å². The number of aromatic nitrogens is 3. The highest BCUT2D eigenvalue weighted by Gasteiger charge is 2.18. The van der Waals surface area contributed by atoms with Gasteiger partial charge in [-0.2, -0.15) is 10.1 Å². The summed E-state index contributed by atoms with van der Waals surface area (Å²) in [5.74, 6) is -0.00192. The van der Waals surface area contributed by atoms with Crippen molar-refractivity contribution in [3.05, 3.63) is 36.2 Å². The third kappa shape index (κ3) is 2.85. The molecule has 0 atom stereocenters. The van der Waals surface area contributed by atoms with E-state index >= 15 is 0 Å². The van der Waals surface area contributed by atoms with Crippen LogP contribution in [-0.4, -0.2) is 29.0 Å². The van der Waals surface area contributed by atoms with Crippen LogP contribution in [0.25, 0.3) is 0 Å². The fraction of sp³-hybridized carbons (Fsp3) is 0.250. The molecule has 0 aliphatic rings. The van der Waals surface area contributed by atoms with Crippen molar-refractivity contribution in [3.8, 4) is 0 Å². The fourth-order valence-corrected chi connectivity index (χ4v) is 2.69. The Labute approximate surface area is 116 Å². The van der Waals surface area contributed by atoms with Gasteiger partial charge in [0, 0.05) is 19.0 Å². The van der Waals surface area contributed by atoms with Crippen molar-refractivity contribution in [2.45, 2.75) is 18.2 Å². The Morgan fingerprint density at radius 2 is 2.15 bits per heavy atom. The van der Waals surface area contributed by atoms with Crippen molar-refractivity contribution in [1.82, 2.24) is 14.8 Å². The van der Waals surface area contributed by atoms with Crippen LogP contribution in [0.4, 0.5) is 5.95 Å². The van der Waals surface area contributed by atoms with Crippen LogP contribution in [0, 0.1) is 0 Å². The molecule has 0 saturated carbocycles. The summed E-state index contributed by atoms with van der Waals surface area (Å²) < 4.78 is 28.0. The Morgan fingerprint density at radius 3 is 2.75 bits per heavy atom. The summed E-state index contributed by atoms with van der Waals surface area (Å²) >= 11 is 0. The van der Waals surface area contributed by atoms with Crippen molar-refractivity contribution in [2.75, 3.05) is 4.72 Å². The maximum atomic E-state index is 12.2. The first-order valence-electron chi connectivity index (χ1n) is 5.94. The minimum Gasteiger partial charge on any atom is -0.294 e. The fourth-order valence-electron chi connectivity index (χ4n) is 1.61. The van der Waals surface area contributed by atoms with E-state index in [1.165, 1.54) is 29.2 Å². The van der Waals surface area contributed by atoms with Gasteiger partial charge in [-0.05, 0) is 12.1 Å². The summed E-state index contributed by atoms with van der Waals surface area (Å²) in [4.78, 5) is 15.4. The van der Waals surface area contributed by atoms with E-state index in [-0.39, 0.29) is 16.6 Å². The van der Waals surface area contributed by atoms with Gasteiger partial charge >= 0.3 is 0 Å². The number of anilines is 1. The lowest BCUT2D eigenvalue weighted by Crippen LogP contribution is -2.16. The molecular formula is C12H14N4O3S. The molecule has 0 aliphatic carbocycles. The van der Waals surface area contributed by atoms with Gasteiger partial charge in [0.2, 0.25) is 5.95 Å². The smallest absolute Gasteiger partial charge is 0.264 e. The van der Waals surface area contributed by atoms with E-state index < -0.39 is 10.0 Å². The molecule has 7 nitrogen and oxygen atoms in total. The third-order valence-corrected chi connectivity index (χ3v) is 4.05. The van der Waals surface area contributed by atoms with Gasteiger partial charge in [-0.3, -0.25) is 4.79 Å². The Balaban J connectivity index is 2.35. The van der Waals surface area contributed by atoms with Crippen LogP contribution < -0.4 is 4.72 Å². The molecule has 0 unspecified atom stereocenters. The van der Waals surface area contributed by atoms with Crippen molar-refractivity contribution in [2.24, 2.45) is 7.05 Å². The van der Waals surface area contributed by atoms with Gasteiger partial charge < -0.3 is 0 Å². The molecule has 0 radical (unpaired) electrons. The van der Waals surface area contributed by atoms with Crippen LogP contribution in [0.1, 0.15) is 23.7 Å². The van der Waals surface area contributed by atoms with E-state index in [0.717, 1.165) is 0 Å². The number of hydrogen-bond acceptors (Lipinski definition) is 5. The van der Waals surface area contributed by atoms with Gasteiger partial charge in [-0.1, -0.05) is 19.1 Å². The second kappa shape index (κ2) is 5.41. The molecule has 8 heteroatoms. The highest BCUT2D eigenvalue weighted by Crippen LogP contribution is 2.16. The SMILES string of the molecule is CCC(=O)c1cccc(S(=O)(=O)Nc2ncnn2C)c1. The van der Waals surface area contributed by atoms with Crippen molar-refractivity contribution >= 4 is 21.8 Å². The first-order chi connectivity index (χ1) is 9.44. The molecule has 2 aromatic rings. The van der Waals surface area contributed by atoms with Gasteiger partial charge in [0.1, 0.15) is 6.33 Å². The predicted molar refractivity (Wildman–Crippen MR) is 72.9 cm³/mol. The van der Waals surface area contributed by atoms with E-state index in [9.17, 15) is 13.2 Å². The average Bonchev–Trinajstić information content (AvgIpc) is 2.83. The van der Waals surface area contributed by atoms with Crippen molar-refractivity contribution in [1.29, 1.82) is 0 Å². The Morgan fingerprint density at radius 1 is 1.40 bits per heavy atom. The molecule has 0 amide bonds. The summed E-state index contributed by atoms with van der Waals surface area (Å²) in [6, 6.07) is 5.90. The number of Topliss-reactive ketones (excluding diaryl/α,β-unsaturated/α-hetero) is 1. The Hall–Kier alpha value is -2.22. The number of rotatable bonds is 5. The van der Waals surface area contributed by atoms with E-state index in [1.54, 1.807) is 20.0 Å². The first kappa shape index (κ1) is 14.2. The summed E-state index contributed by atoms with van der Waals surface area (Å²) in [6.07, 6.45) is 1.56. The molecule has 0 aliphatic heterocycles. The molecule has 1 aromatic heterocycles. The summed E-state index contributed by atoms with van der Waals surface area (Å²) in [7, 11) is -2.22. The largest absolute Gasteiger partial charge is 0.294 e. The van der Waals surface area contributed by atoms with Crippen LogP contribution in [0.5, 0.6) is 0 Å². The molecule has 1 N–H and O–H groups in total. The predicted octanol–water partition coefficient (Wildman–Crippen LogP) is 1.21. The van der Waals surface area contributed by atoms with Crippen molar-refractivity contribution < 1.29 is 13.2 Å². The maximum absolute atomic E-state index is 12.2. The molecule has 2 rings (SSSR count). The molecule has 0 bridgehead atoms. The second-order valence-electron chi connectivity index (χ2n) is 4.12. The number of sulfonamides is 1. The third-order valence-electron chi connectivity index (χ3n) is 2.72. The first-order valence-corrected chi connectivity index (χ1v) is 7.42. The van der Waals surface area contributed by atoms with E-state index in [1.807, 2.05) is 0 Å². The van der Waals surface area contributed by atoms with Gasteiger partial charge in [0.25, 0.3) is 10.0 Å². The highest BCUT2D eigenvalue weighted by atomic mass is 32.2. The molecule has 0 saturated heterocycles. The summed E-state index contributed by atoms with van der Waals surface area (Å²) in [5, 5.41) is 3.78. The number of ketones is 1. The molecule has 1 heterocycles. The van der Waals surface area contributed by atoms with Gasteiger partial charge in [-0.15, -0.1) is 0 Å². The average molecular weight is 294 g/mol. The molecule has 0 spiro atoms. The number of carbonyl (C=O) groups excluding carboxylic acids is 1. The Bertz CT molecular complexity index is 737. The van der Waals surface area contributed by atoms with Crippen LogP contribution in [0.2, 0.25) is 0 Å². The zero-order valence-electron chi connectivity index (χ0n) is 11.1.